The Bertz CT molecular complexity index is 1010. The maximum Gasteiger partial charge on any atom is 0.323 e. The van der Waals surface area contributed by atoms with Gasteiger partial charge in [-0.25, -0.2) is 4.79 Å². The van der Waals surface area contributed by atoms with E-state index in [-0.39, 0.29) is 11.6 Å². The Kier molecular flexibility index (Phi) is 4.74. The molecule has 4 rings (SSSR count). The van der Waals surface area contributed by atoms with Gasteiger partial charge in [-0.1, -0.05) is 19.9 Å². The lowest BCUT2D eigenvalue weighted by Gasteiger charge is -2.22. The highest BCUT2D eigenvalue weighted by Crippen LogP contribution is 2.36. The number of pyridine rings is 1. The van der Waals surface area contributed by atoms with Crippen molar-refractivity contribution in [3.63, 3.8) is 0 Å². The molecule has 0 radical (unpaired) electrons. The second-order valence-electron chi connectivity index (χ2n) is 7.40. The number of aromatic nitrogens is 3. The molecule has 0 unspecified atom stereocenters. The minimum atomic E-state index is -0.208. The van der Waals surface area contributed by atoms with Crippen LogP contribution in [0.4, 0.5) is 0 Å². The highest BCUT2D eigenvalue weighted by atomic mass is 16.5. The van der Waals surface area contributed by atoms with Crippen LogP contribution in [0.3, 0.4) is 0 Å². The number of nitrogens with zero attached hydrogens (tertiary/aromatic N) is 1. The Hall–Kier alpha value is -2.60. The standard InChI is InChI=1S/C21H25N3O3/c1-12(2)14-4-5-18(26-3)15(10-14)16-11-17-20(24-21(25)23-17)19(22-16)13-6-8-27-9-7-13/h4-5,10-13H,6-9H2,1-3H3,(H2,23,24,25). The number of ether oxygens (including phenoxy) is 2. The molecule has 1 aliphatic rings. The molecule has 0 aliphatic carbocycles. The summed E-state index contributed by atoms with van der Waals surface area (Å²) in [5, 5.41) is 0. The fraction of sp³-hybridized carbons (Fsp3) is 0.429. The van der Waals surface area contributed by atoms with Gasteiger partial charge < -0.3 is 19.4 Å². The number of imidazole rings is 1. The molecule has 2 aromatic heterocycles. The second-order valence-corrected chi connectivity index (χ2v) is 7.40. The van der Waals surface area contributed by atoms with Crippen LogP contribution in [0.25, 0.3) is 22.3 Å². The summed E-state index contributed by atoms with van der Waals surface area (Å²) < 4.78 is 11.1. The molecule has 3 heterocycles. The molecule has 27 heavy (non-hydrogen) atoms. The van der Waals surface area contributed by atoms with Crippen LogP contribution in [0.5, 0.6) is 5.75 Å². The summed E-state index contributed by atoms with van der Waals surface area (Å²) in [6, 6.07) is 8.14. The van der Waals surface area contributed by atoms with Crippen molar-refractivity contribution in [2.45, 2.75) is 38.5 Å². The number of hydrogen-bond donors (Lipinski definition) is 2. The maximum atomic E-state index is 11.9. The molecule has 6 heteroatoms. The summed E-state index contributed by atoms with van der Waals surface area (Å²) in [5.41, 5.74) is 5.29. The third-order valence-electron chi connectivity index (χ3n) is 5.31. The van der Waals surface area contributed by atoms with E-state index in [2.05, 4.69) is 35.9 Å². The summed E-state index contributed by atoms with van der Waals surface area (Å²) >= 11 is 0. The molecule has 1 aromatic carbocycles. The number of rotatable bonds is 4. The molecule has 1 fully saturated rings. The van der Waals surface area contributed by atoms with Crippen molar-refractivity contribution in [3.8, 4) is 17.0 Å². The zero-order valence-electron chi connectivity index (χ0n) is 16.0. The fourth-order valence-corrected chi connectivity index (χ4v) is 3.75. The molecular formula is C21H25N3O3. The van der Waals surface area contributed by atoms with Crippen LogP contribution in [0, 0.1) is 0 Å². The lowest BCUT2D eigenvalue weighted by Crippen LogP contribution is -2.16. The number of aromatic amines is 2. The van der Waals surface area contributed by atoms with Gasteiger partial charge in [0.2, 0.25) is 0 Å². The first-order valence-corrected chi connectivity index (χ1v) is 9.45. The van der Waals surface area contributed by atoms with Crippen LogP contribution in [0.15, 0.2) is 29.1 Å². The van der Waals surface area contributed by atoms with Crippen LogP contribution in [0.2, 0.25) is 0 Å². The Balaban J connectivity index is 1.92. The number of hydrogen-bond acceptors (Lipinski definition) is 4. The Morgan fingerprint density at radius 1 is 1.19 bits per heavy atom. The number of benzene rings is 1. The predicted octanol–water partition coefficient (Wildman–Crippen LogP) is 3.94. The van der Waals surface area contributed by atoms with Gasteiger partial charge in [0.05, 0.1) is 29.5 Å². The lowest BCUT2D eigenvalue weighted by molar-refractivity contribution is 0.0848. The molecule has 1 saturated heterocycles. The van der Waals surface area contributed by atoms with Crippen molar-refractivity contribution >= 4 is 11.0 Å². The fourth-order valence-electron chi connectivity index (χ4n) is 3.75. The van der Waals surface area contributed by atoms with E-state index in [9.17, 15) is 4.79 Å². The Labute approximate surface area is 157 Å². The van der Waals surface area contributed by atoms with Crippen molar-refractivity contribution in [2.24, 2.45) is 0 Å². The average Bonchev–Trinajstić information content (AvgIpc) is 3.07. The topological polar surface area (TPSA) is 80.0 Å². The SMILES string of the molecule is COc1ccc(C(C)C)cc1-c1cc2[nH]c(=O)[nH]c2c(C2CCOCC2)n1. The van der Waals surface area contributed by atoms with Gasteiger partial charge in [0, 0.05) is 24.7 Å². The molecule has 142 valence electrons. The number of H-pyrrole nitrogens is 2. The van der Waals surface area contributed by atoms with Crippen molar-refractivity contribution in [2.75, 3.05) is 20.3 Å². The van der Waals surface area contributed by atoms with E-state index in [4.69, 9.17) is 14.5 Å². The Morgan fingerprint density at radius 2 is 1.96 bits per heavy atom. The third-order valence-corrected chi connectivity index (χ3v) is 5.31. The minimum absolute atomic E-state index is 0.208. The van der Waals surface area contributed by atoms with E-state index >= 15 is 0 Å². The van der Waals surface area contributed by atoms with Crippen LogP contribution in [-0.2, 0) is 4.74 Å². The molecule has 3 aromatic rings. The van der Waals surface area contributed by atoms with Crippen LogP contribution in [-0.4, -0.2) is 35.3 Å². The number of methoxy groups -OCH3 is 1. The van der Waals surface area contributed by atoms with Crippen LogP contribution in [0.1, 0.15) is 49.8 Å². The summed E-state index contributed by atoms with van der Waals surface area (Å²) in [4.78, 5) is 22.8. The van der Waals surface area contributed by atoms with E-state index in [0.29, 0.717) is 5.92 Å². The second kappa shape index (κ2) is 7.19. The van der Waals surface area contributed by atoms with Gasteiger partial charge >= 0.3 is 5.69 Å². The first kappa shape index (κ1) is 17.8. The third kappa shape index (κ3) is 3.37. The molecular weight excluding hydrogens is 342 g/mol. The molecule has 0 spiro atoms. The predicted molar refractivity (Wildman–Crippen MR) is 106 cm³/mol. The van der Waals surface area contributed by atoms with E-state index in [1.807, 2.05) is 12.1 Å². The number of fused-ring (bicyclic) bond motifs is 1. The van der Waals surface area contributed by atoms with E-state index < -0.39 is 0 Å². The largest absolute Gasteiger partial charge is 0.496 e. The van der Waals surface area contributed by atoms with Gasteiger partial charge in [0.15, 0.2) is 0 Å². The first-order valence-electron chi connectivity index (χ1n) is 9.45. The molecule has 0 saturated carbocycles. The van der Waals surface area contributed by atoms with Crippen molar-refractivity contribution in [1.82, 2.24) is 15.0 Å². The molecule has 2 N–H and O–H groups in total. The van der Waals surface area contributed by atoms with Crippen LogP contribution >= 0.6 is 0 Å². The average molecular weight is 367 g/mol. The van der Waals surface area contributed by atoms with Gasteiger partial charge in [-0.2, -0.15) is 0 Å². The molecule has 0 amide bonds. The smallest absolute Gasteiger partial charge is 0.323 e. The van der Waals surface area contributed by atoms with Gasteiger partial charge in [0.25, 0.3) is 0 Å². The summed E-state index contributed by atoms with van der Waals surface area (Å²) in [6.07, 6.45) is 1.81. The Morgan fingerprint density at radius 3 is 2.67 bits per heavy atom. The molecule has 6 nitrogen and oxygen atoms in total. The number of nitrogens with one attached hydrogen (secondary N) is 2. The summed E-state index contributed by atoms with van der Waals surface area (Å²) in [6.45, 7) is 5.77. The normalized spacial score (nSPS) is 15.6. The highest BCUT2D eigenvalue weighted by molar-refractivity contribution is 5.83. The lowest BCUT2D eigenvalue weighted by atomic mass is 9.93. The van der Waals surface area contributed by atoms with E-state index in [0.717, 1.165) is 59.8 Å². The van der Waals surface area contributed by atoms with Crippen molar-refractivity contribution in [3.05, 3.63) is 46.0 Å². The van der Waals surface area contributed by atoms with Gasteiger partial charge in [-0.15, -0.1) is 0 Å². The van der Waals surface area contributed by atoms with Gasteiger partial charge in [-0.3, -0.25) is 4.98 Å². The monoisotopic (exact) mass is 367 g/mol. The van der Waals surface area contributed by atoms with Gasteiger partial charge in [-0.05, 0) is 42.5 Å². The molecule has 1 aliphatic heterocycles. The van der Waals surface area contributed by atoms with Crippen LogP contribution < -0.4 is 10.4 Å². The summed E-state index contributed by atoms with van der Waals surface area (Å²) in [5.74, 6) is 1.45. The van der Waals surface area contributed by atoms with E-state index in [1.165, 1.54) is 5.56 Å². The van der Waals surface area contributed by atoms with Gasteiger partial charge in [0.1, 0.15) is 5.75 Å². The minimum Gasteiger partial charge on any atom is -0.496 e. The zero-order chi connectivity index (χ0) is 19.0. The first-order chi connectivity index (χ1) is 13.1. The maximum absolute atomic E-state index is 11.9. The van der Waals surface area contributed by atoms with Crippen molar-refractivity contribution < 1.29 is 9.47 Å². The summed E-state index contributed by atoms with van der Waals surface area (Å²) in [7, 11) is 1.67. The van der Waals surface area contributed by atoms with E-state index in [1.54, 1.807) is 7.11 Å². The molecule has 0 bridgehead atoms. The highest BCUT2D eigenvalue weighted by Gasteiger charge is 2.23. The quantitative estimate of drug-likeness (QED) is 0.732. The zero-order valence-corrected chi connectivity index (χ0v) is 16.0. The van der Waals surface area contributed by atoms with Crippen molar-refractivity contribution in [1.29, 1.82) is 0 Å². The molecule has 0 atom stereocenters.